The zero-order valence-corrected chi connectivity index (χ0v) is 13.7. The van der Waals surface area contributed by atoms with Crippen molar-refractivity contribution in [3.63, 3.8) is 0 Å². The van der Waals surface area contributed by atoms with Crippen molar-refractivity contribution in [3.8, 4) is 0 Å². The van der Waals surface area contributed by atoms with Crippen LogP contribution in [0, 0.1) is 5.92 Å². The van der Waals surface area contributed by atoms with Gasteiger partial charge in [-0.3, -0.25) is 4.79 Å². The summed E-state index contributed by atoms with van der Waals surface area (Å²) in [4.78, 5) is 16.7. The van der Waals surface area contributed by atoms with Crippen LogP contribution in [0.3, 0.4) is 0 Å². The van der Waals surface area contributed by atoms with Gasteiger partial charge >= 0.3 is 0 Å². The SMILES string of the molecule is CN(C(=O)C1CCN(c2ccc3nncn3n2)CC1)C1CC(O)C1. The Balaban J connectivity index is 1.36. The lowest BCUT2D eigenvalue weighted by molar-refractivity contribution is -0.140. The molecule has 1 aliphatic heterocycles. The molecule has 0 atom stereocenters. The average molecular weight is 330 g/mol. The van der Waals surface area contributed by atoms with E-state index in [-0.39, 0.29) is 24.0 Å². The van der Waals surface area contributed by atoms with Gasteiger partial charge in [0.15, 0.2) is 5.65 Å². The molecule has 2 fully saturated rings. The Kier molecular flexibility index (Phi) is 3.84. The first-order valence-electron chi connectivity index (χ1n) is 8.48. The summed E-state index contributed by atoms with van der Waals surface area (Å²) in [6.45, 7) is 1.64. The first-order valence-corrected chi connectivity index (χ1v) is 8.48. The van der Waals surface area contributed by atoms with Gasteiger partial charge in [-0.05, 0) is 37.8 Å². The van der Waals surface area contributed by atoms with Crippen molar-refractivity contribution in [2.75, 3.05) is 25.0 Å². The van der Waals surface area contributed by atoms with E-state index in [1.165, 1.54) is 0 Å². The lowest BCUT2D eigenvalue weighted by Crippen LogP contribution is -2.51. The van der Waals surface area contributed by atoms with Gasteiger partial charge in [0.1, 0.15) is 12.1 Å². The number of hydrogen-bond acceptors (Lipinski definition) is 6. The fourth-order valence-electron chi connectivity index (χ4n) is 3.59. The molecule has 1 aliphatic carbocycles. The first-order chi connectivity index (χ1) is 11.6. The molecule has 2 aliphatic rings. The Morgan fingerprint density at radius 3 is 2.75 bits per heavy atom. The Bertz CT molecular complexity index is 733. The zero-order valence-electron chi connectivity index (χ0n) is 13.7. The van der Waals surface area contributed by atoms with Crippen LogP contribution in [-0.4, -0.2) is 68.0 Å². The third kappa shape index (κ3) is 2.71. The van der Waals surface area contributed by atoms with Crippen molar-refractivity contribution in [1.82, 2.24) is 24.7 Å². The van der Waals surface area contributed by atoms with Gasteiger partial charge in [0, 0.05) is 32.1 Å². The topological polar surface area (TPSA) is 86.9 Å². The predicted octanol–water partition coefficient (Wildman–Crippen LogP) is 0.322. The molecular formula is C16H22N6O2. The Labute approximate surface area is 140 Å². The van der Waals surface area contributed by atoms with E-state index >= 15 is 0 Å². The minimum absolute atomic E-state index is 0.0719. The van der Waals surface area contributed by atoms with Gasteiger partial charge in [-0.2, -0.15) is 4.52 Å². The number of piperidine rings is 1. The molecule has 1 saturated heterocycles. The highest BCUT2D eigenvalue weighted by molar-refractivity contribution is 5.79. The highest BCUT2D eigenvalue weighted by atomic mass is 16.3. The lowest BCUT2D eigenvalue weighted by Gasteiger charge is -2.41. The summed E-state index contributed by atoms with van der Waals surface area (Å²) in [5.74, 6) is 1.18. The normalized spacial score (nSPS) is 24.8. The second-order valence-electron chi connectivity index (χ2n) is 6.81. The van der Waals surface area contributed by atoms with E-state index in [4.69, 9.17) is 0 Å². The summed E-state index contributed by atoms with van der Waals surface area (Å²) in [6, 6.07) is 4.07. The summed E-state index contributed by atoms with van der Waals surface area (Å²) >= 11 is 0. The van der Waals surface area contributed by atoms with Gasteiger partial charge in [-0.25, -0.2) is 0 Å². The first kappa shape index (κ1) is 15.3. The van der Waals surface area contributed by atoms with Crippen LogP contribution in [0.25, 0.3) is 5.65 Å². The lowest BCUT2D eigenvalue weighted by atomic mass is 9.86. The molecule has 2 aromatic rings. The quantitative estimate of drug-likeness (QED) is 0.872. The minimum atomic E-state index is -0.231. The second kappa shape index (κ2) is 6.01. The van der Waals surface area contributed by atoms with Crippen molar-refractivity contribution < 1.29 is 9.90 Å². The Morgan fingerprint density at radius 2 is 2.04 bits per heavy atom. The molecule has 1 saturated carbocycles. The number of hydrogen-bond donors (Lipinski definition) is 1. The number of aromatic nitrogens is 4. The molecule has 128 valence electrons. The monoisotopic (exact) mass is 330 g/mol. The molecule has 0 unspecified atom stereocenters. The van der Waals surface area contributed by atoms with Crippen molar-refractivity contribution >= 4 is 17.4 Å². The third-order valence-electron chi connectivity index (χ3n) is 5.30. The van der Waals surface area contributed by atoms with Crippen LogP contribution >= 0.6 is 0 Å². The largest absolute Gasteiger partial charge is 0.393 e. The van der Waals surface area contributed by atoms with Crippen LogP contribution in [0.4, 0.5) is 5.82 Å². The van der Waals surface area contributed by atoms with E-state index in [1.54, 1.807) is 10.8 Å². The van der Waals surface area contributed by atoms with Crippen LogP contribution < -0.4 is 4.90 Å². The van der Waals surface area contributed by atoms with Gasteiger partial charge < -0.3 is 14.9 Å². The predicted molar refractivity (Wildman–Crippen MR) is 87.5 cm³/mol. The average Bonchev–Trinajstić information content (AvgIpc) is 3.05. The maximum Gasteiger partial charge on any atom is 0.225 e. The van der Waals surface area contributed by atoms with Crippen molar-refractivity contribution in [2.45, 2.75) is 37.8 Å². The molecule has 4 rings (SSSR count). The van der Waals surface area contributed by atoms with E-state index in [0.717, 1.165) is 37.4 Å². The standard InChI is InChI=1S/C16H22N6O2/c1-20(12-8-13(23)9-12)16(24)11-4-6-21(7-5-11)15-3-2-14-18-17-10-22(14)19-15/h2-3,10-13,23H,4-9H2,1H3. The van der Waals surface area contributed by atoms with Crippen molar-refractivity contribution in [1.29, 1.82) is 0 Å². The number of nitrogens with zero attached hydrogens (tertiary/aromatic N) is 6. The molecule has 0 radical (unpaired) electrons. The molecule has 1 amide bonds. The van der Waals surface area contributed by atoms with Gasteiger partial charge in [0.2, 0.25) is 5.91 Å². The van der Waals surface area contributed by atoms with Crippen molar-refractivity contribution in [2.24, 2.45) is 5.92 Å². The maximum atomic E-state index is 12.6. The maximum absolute atomic E-state index is 12.6. The summed E-state index contributed by atoms with van der Waals surface area (Å²) in [5.41, 5.74) is 0.730. The third-order valence-corrected chi connectivity index (χ3v) is 5.30. The number of amides is 1. The van der Waals surface area contributed by atoms with E-state index < -0.39 is 0 Å². The summed E-state index contributed by atoms with van der Waals surface area (Å²) < 4.78 is 1.67. The fourth-order valence-corrected chi connectivity index (χ4v) is 3.59. The van der Waals surface area contributed by atoms with Gasteiger partial charge in [-0.1, -0.05) is 0 Å². The molecular weight excluding hydrogens is 308 g/mol. The molecule has 8 heteroatoms. The number of carbonyl (C=O) groups is 1. The van der Waals surface area contributed by atoms with E-state index in [1.807, 2.05) is 24.1 Å². The van der Waals surface area contributed by atoms with Gasteiger partial charge in [-0.15, -0.1) is 15.3 Å². The molecule has 2 aromatic heterocycles. The number of carbonyl (C=O) groups excluding carboxylic acids is 1. The van der Waals surface area contributed by atoms with Gasteiger partial charge in [0.05, 0.1) is 6.10 Å². The highest BCUT2D eigenvalue weighted by Crippen LogP contribution is 2.28. The van der Waals surface area contributed by atoms with Crippen molar-refractivity contribution in [3.05, 3.63) is 18.5 Å². The molecule has 3 heterocycles. The Morgan fingerprint density at radius 1 is 1.29 bits per heavy atom. The number of aliphatic hydroxyl groups excluding tert-OH is 1. The smallest absolute Gasteiger partial charge is 0.225 e. The molecule has 1 N–H and O–H groups in total. The Hall–Kier alpha value is -2.22. The van der Waals surface area contributed by atoms with E-state index in [2.05, 4.69) is 20.2 Å². The minimum Gasteiger partial charge on any atom is -0.393 e. The molecule has 24 heavy (non-hydrogen) atoms. The number of fused-ring (bicyclic) bond motifs is 1. The zero-order chi connectivity index (χ0) is 16.7. The van der Waals surface area contributed by atoms with Gasteiger partial charge in [0.25, 0.3) is 0 Å². The molecule has 0 aromatic carbocycles. The van der Waals surface area contributed by atoms with Crippen LogP contribution in [0.1, 0.15) is 25.7 Å². The number of anilines is 1. The second-order valence-corrected chi connectivity index (χ2v) is 6.81. The summed E-state index contributed by atoms with van der Waals surface area (Å²) in [6.07, 6.45) is 4.46. The van der Waals surface area contributed by atoms with E-state index in [0.29, 0.717) is 12.8 Å². The van der Waals surface area contributed by atoms with Crippen LogP contribution in [0.2, 0.25) is 0 Å². The molecule has 0 spiro atoms. The highest BCUT2D eigenvalue weighted by Gasteiger charge is 2.36. The van der Waals surface area contributed by atoms with Crippen LogP contribution in [0.5, 0.6) is 0 Å². The summed E-state index contributed by atoms with van der Waals surface area (Å²) in [5, 5.41) is 21.7. The molecule has 8 nitrogen and oxygen atoms in total. The number of rotatable bonds is 3. The van der Waals surface area contributed by atoms with E-state index in [9.17, 15) is 9.90 Å². The number of aliphatic hydroxyl groups is 1. The summed E-state index contributed by atoms with van der Waals surface area (Å²) in [7, 11) is 1.87. The fraction of sp³-hybridized carbons (Fsp3) is 0.625. The molecule has 0 bridgehead atoms. The van der Waals surface area contributed by atoms with Crippen LogP contribution in [-0.2, 0) is 4.79 Å². The van der Waals surface area contributed by atoms with Crippen LogP contribution in [0.15, 0.2) is 18.5 Å².